The Kier molecular flexibility index (Phi) is 3.81. The Morgan fingerprint density at radius 2 is 1.77 bits per heavy atom. The number of aliphatic imine (C=N–C) groups is 1. The first-order valence-corrected chi connectivity index (χ1v) is 4.35. The van der Waals surface area contributed by atoms with Crippen LogP contribution in [0.1, 0.15) is 0 Å². The monoisotopic (exact) mass is 238 g/mol. The lowest BCUT2D eigenvalue weighted by Gasteiger charge is -2.00. The summed E-state index contributed by atoms with van der Waals surface area (Å²) in [5.74, 6) is 0. The van der Waals surface area contributed by atoms with Crippen molar-refractivity contribution in [3.8, 4) is 0 Å². The molecule has 0 amide bonds. The second-order valence-corrected chi connectivity index (χ2v) is 3.33. The van der Waals surface area contributed by atoms with Gasteiger partial charge in [0.2, 0.25) is 0 Å². The molecule has 0 radical (unpaired) electrons. The lowest BCUT2D eigenvalue weighted by atomic mass is 10.3. The van der Waals surface area contributed by atoms with Crippen molar-refractivity contribution < 1.29 is 5.21 Å². The quantitative estimate of drug-likeness (QED) is 0.360. The van der Waals surface area contributed by atoms with E-state index in [4.69, 9.17) is 40.0 Å². The van der Waals surface area contributed by atoms with E-state index in [1.165, 1.54) is 12.1 Å². The van der Waals surface area contributed by atoms with E-state index in [9.17, 15) is 0 Å². The molecule has 0 atom stereocenters. The van der Waals surface area contributed by atoms with Crippen LogP contribution >= 0.6 is 34.8 Å². The Hall–Kier alpha value is -0.480. The van der Waals surface area contributed by atoms with Gasteiger partial charge in [-0.05, 0) is 12.1 Å². The summed E-state index contributed by atoms with van der Waals surface area (Å²) in [6.07, 6.45) is 1.07. The predicted octanol–water partition coefficient (Wildman–Crippen LogP) is 3.29. The molecule has 0 saturated carbocycles. The lowest BCUT2D eigenvalue weighted by molar-refractivity contribution is 0.240. The second-order valence-electron chi connectivity index (χ2n) is 2.11. The van der Waals surface area contributed by atoms with Gasteiger partial charge in [-0.25, -0.2) is 4.99 Å². The summed E-state index contributed by atoms with van der Waals surface area (Å²) in [4.78, 5) is 3.77. The summed E-state index contributed by atoms with van der Waals surface area (Å²) in [6.45, 7) is 0. The summed E-state index contributed by atoms with van der Waals surface area (Å²) in [7, 11) is 0. The first-order valence-electron chi connectivity index (χ1n) is 3.22. The van der Waals surface area contributed by atoms with Gasteiger partial charge in [0.05, 0.1) is 20.8 Å². The average Bonchev–Trinajstić information content (AvgIpc) is 2.09. The molecule has 6 heteroatoms. The molecule has 70 valence electrons. The summed E-state index contributed by atoms with van der Waals surface area (Å²) < 4.78 is 0. The Morgan fingerprint density at radius 3 is 2.38 bits per heavy atom. The molecule has 0 bridgehead atoms. The largest absolute Gasteiger partial charge is 0.290 e. The molecule has 0 unspecified atom stereocenters. The fourth-order valence-corrected chi connectivity index (χ4v) is 1.30. The molecule has 13 heavy (non-hydrogen) atoms. The Bertz CT molecular complexity index is 341. The zero-order valence-electron chi connectivity index (χ0n) is 6.26. The highest BCUT2D eigenvalue weighted by Crippen LogP contribution is 2.33. The van der Waals surface area contributed by atoms with Gasteiger partial charge in [0.1, 0.15) is 6.34 Å². The summed E-state index contributed by atoms with van der Waals surface area (Å²) in [5.41, 5.74) is 2.18. The molecule has 1 aromatic carbocycles. The van der Waals surface area contributed by atoms with Crippen LogP contribution < -0.4 is 5.48 Å². The SMILES string of the molecule is ONC=Nc1cc(Cl)c(Cl)cc1Cl. The molecule has 0 spiro atoms. The number of nitrogens with one attached hydrogen (secondary N) is 1. The van der Waals surface area contributed by atoms with Crippen molar-refractivity contribution in [2.24, 2.45) is 4.99 Å². The Morgan fingerprint density at radius 1 is 1.15 bits per heavy atom. The molecule has 1 rings (SSSR count). The molecule has 0 aromatic heterocycles. The van der Waals surface area contributed by atoms with Crippen LogP contribution in [0.3, 0.4) is 0 Å². The third kappa shape index (κ3) is 2.74. The van der Waals surface area contributed by atoms with Crippen molar-refractivity contribution in [2.75, 3.05) is 0 Å². The van der Waals surface area contributed by atoms with Gasteiger partial charge in [0.25, 0.3) is 0 Å². The third-order valence-electron chi connectivity index (χ3n) is 1.25. The van der Waals surface area contributed by atoms with Gasteiger partial charge in [0.15, 0.2) is 0 Å². The molecule has 2 N–H and O–H groups in total. The maximum atomic E-state index is 8.24. The van der Waals surface area contributed by atoms with E-state index >= 15 is 0 Å². The first kappa shape index (κ1) is 10.6. The van der Waals surface area contributed by atoms with Crippen LogP contribution in [0.5, 0.6) is 0 Å². The van der Waals surface area contributed by atoms with Crippen molar-refractivity contribution in [1.82, 2.24) is 5.48 Å². The van der Waals surface area contributed by atoms with Crippen molar-refractivity contribution in [3.63, 3.8) is 0 Å². The molecule has 0 heterocycles. The average molecular weight is 239 g/mol. The first-order chi connectivity index (χ1) is 6.15. The van der Waals surface area contributed by atoms with E-state index in [-0.39, 0.29) is 0 Å². The van der Waals surface area contributed by atoms with Crippen LogP contribution in [0.2, 0.25) is 15.1 Å². The van der Waals surface area contributed by atoms with E-state index in [0.29, 0.717) is 20.8 Å². The molecule has 0 fully saturated rings. The van der Waals surface area contributed by atoms with Gasteiger partial charge in [-0.1, -0.05) is 34.8 Å². The number of hydrogen-bond acceptors (Lipinski definition) is 2. The number of nitrogens with zero attached hydrogens (tertiary/aromatic N) is 1. The number of hydrogen-bond donors (Lipinski definition) is 2. The maximum Gasteiger partial charge on any atom is 0.113 e. The number of hydroxylamine groups is 1. The van der Waals surface area contributed by atoms with E-state index in [0.717, 1.165) is 6.34 Å². The summed E-state index contributed by atoms with van der Waals surface area (Å²) >= 11 is 17.2. The van der Waals surface area contributed by atoms with Gasteiger partial charge in [-0.15, -0.1) is 0 Å². The predicted molar refractivity (Wildman–Crippen MR) is 54.5 cm³/mol. The summed E-state index contributed by atoms with van der Waals surface area (Å²) in [6, 6.07) is 2.98. The van der Waals surface area contributed by atoms with Gasteiger partial charge >= 0.3 is 0 Å². The number of halogens is 3. The van der Waals surface area contributed by atoms with Crippen LogP contribution in [0.25, 0.3) is 0 Å². The zero-order chi connectivity index (χ0) is 9.84. The van der Waals surface area contributed by atoms with Crippen LogP contribution in [-0.2, 0) is 0 Å². The van der Waals surface area contributed by atoms with Crippen LogP contribution in [-0.4, -0.2) is 11.5 Å². The second kappa shape index (κ2) is 4.67. The maximum absolute atomic E-state index is 8.24. The van der Waals surface area contributed by atoms with E-state index in [1.54, 1.807) is 5.48 Å². The van der Waals surface area contributed by atoms with Crippen LogP contribution in [0.15, 0.2) is 17.1 Å². The van der Waals surface area contributed by atoms with Crippen LogP contribution in [0, 0.1) is 0 Å². The molecular weight excluding hydrogens is 234 g/mol. The fourth-order valence-electron chi connectivity index (χ4n) is 0.709. The highest BCUT2D eigenvalue weighted by atomic mass is 35.5. The summed E-state index contributed by atoms with van der Waals surface area (Å²) in [5, 5.41) is 9.32. The number of rotatable bonds is 2. The Labute approximate surface area is 89.9 Å². The minimum atomic E-state index is 0.358. The van der Waals surface area contributed by atoms with Crippen molar-refractivity contribution >= 4 is 46.8 Å². The molecule has 0 saturated heterocycles. The standard InChI is InChI=1S/C7H5Cl3N2O/c8-4-1-6(10)7(2-5(4)9)11-3-12-13/h1-3,13H,(H,11,12). The van der Waals surface area contributed by atoms with Crippen molar-refractivity contribution in [1.29, 1.82) is 0 Å². The van der Waals surface area contributed by atoms with Gasteiger partial charge in [0, 0.05) is 0 Å². The van der Waals surface area contributed by atoms with Gasteiger partial charge in [-0.3, -0.25) is 10.7 Å². The van der Waals surface area contributed by atoms with Gasteiger partial charge < -0.3 is 0 Å². The Balaban J connectivity index is 3.08. The minimum Gasteiger partial charge on any atom is -0.290 e. The van der Waals surface area contributed by atoms with Crippen molar-refractivity contribution in [3.05, 3.63) is 27.2 Å². The lowest BCUT2D eigenvalue weighted by Crippen LogP contribution is -2.00. The minimum absolute atomic E-state index is 0.358. The van der Waals surface area contributed by atoms with E-state index in [1.807, 2.05) is 0 Å². The smallest absolute Gasteiger partial charge is 0.113 e. The molecule has 0 aliphatic heterocycles. The number of benzene rings is 1. The van der Waals surface area contributed by atoms with Crippen molar-refractivity contribution in [2.45, 2.75) is 0 Å². The van der Waals surface area contributed by atoms with Gasteiger partial charge in [-0.2, -0.15) is 0 Å². The fraction of sp³-hybridized carbons (Fsp3) is 0. The molecule has 1 aromatic rings. The normalized spacial score (nSPS) is 10.8. The highest BCUT2D eigenvalue weighted by Gasteiger charge is 2.03. The van der Waals surface area contributed by atoms with Crippen LogP contribution in [0.4, 0.5) is 5.69 Å². The molecular formula is C7H5Cl3N2O. The molecule has 0 aliphatic rings. The van der Waals surface area contributed by atoms with E-state index < -0.39 is 0 Å². The van der Waals surface area contributed by atoms with E-state index in [2.05, 4.69) is 4.99 Å². The topological polar surface area (TPSA) is 44.6 Å². The third-order valence-corrected chi connectivity index (χ3v) is 2.28. The zero-order valence-corrected chi connectivity index (χ0v) is 8.53. The molecule has 3 nitrogen and oxygen atoms in total. The molecule has 0 aliphatic carbocycles. The highest BCUT2D eigenvalue weighted by molar-refractivity contribution is 6.43.